The number of nitrogens with zero attached hydrogens (tertiary/aromatic N) is 4. The fraction of sp³-hybridized carbons (Fsp3) is 0.440. The molecule has 0 saturated carbocycles. The van der Waals surface area contributed by atoms with E-state index in [9.17, 15) is 9.50 Å². The molecule has 2 saturated heterocycles. The molecule has 1 unspecified atom stereocenters. The lowest BCUT2D eigenvalue weighted by atomic mass is 9.70. The van der Waals surface area contributed by atoms with Crippen LogP contribution in [0.25, 0.3) is 22.4 Å². The van der Waals surface area contributed by atoms with Crippen LogP contribution in [0.2, 0.25) is 0 Å². The lowest BCUT2D eigenvalue weighted by Crippen LogP contribution is -2.65. The van der Waals surface area contributed by atoms with Crippen LogP contribution >= 0.6 is 0 Å². The van der Waals surface area contributed by atoms with Crippen molar-refractivity contribution in [2.45, 2.75) is 63.1 Å². The number of phenolic OH excluding ortho intramolecular Hbond substituents is 1. The summed E-state index contributed by atoms with van der Waals surface area (Å²) in [5.74, 6) is 0.0182. The molecular formula is C25H28FN5O3. The summed E-state index contributed by atoms with van der Waals surface area (Å²) >= 11 is 0. The molecule has 178 valence electrons. The van der Waals surface area contributed by atoms with Gasteiger partial charge in [0, 0.05) is 52.7 Å². The third-order valence-corrected chi connectivity index (χ3v) is 6.86. The van der Waals surface area contributed by atoms with E-state index in [4.69, 9.17) is 9.47 Å². The zero-order valence-electron chi connectivity index (χ0n) is 19.5. The van der Waals surface area contributed by atoms with Gasteiger partial charge in [-0.3, -0.25) is 0 Å². The Labute approximate surface area is 197 Å². The first-order valence-corrected chi connectivity index (χ1v) is 11.5. The second kappa shape index (κ2) is 8.47. The number of ether oxygens (including phenoxy) is 2. The van der Waals surface area contributed by atoms with Crippen molar-refractivity contribution >= 4 is 0 Å². The van der Waals surface area contributed by atoms with Gasteiger partial charge in [-0.1, -0.05) is 0 Å². The highest BCUT2D eigenvalue weighted by atomic mass is 19.1. The minimum atomic E-state index is -0.535. The molecule has 2 N–H and O–H groups in total. The minimum absolute atomic E-state index is 0.0489. The van der Waals surface area contributed by atoms with Crippen LogP contribution in [0.15, 0.2) is 36.5 Å². The zero-order chi connectivity index (χ0) is 23.9. The molecule has 3 aromatic rings. The highest BCUT2D eigenvalue weighted by molar-refractivity contribution is 5.74. The maximum absolute atomic E-state index is 14.9. The quantitative estimate of drug-likeness (QED) is 0.576. The zero-order valence-corrected chi connectivity index (χ0v) is 19.5. The third kappa shape index (κ3) is 4.40. The number of hydrogen-bond donors (Lipinski definition) is 2. The van der Waals surface area contributed by atoms with Crippen molar-refractivity contribution in [1.29, 1.82) is 0 Å². The summed E-state index contributed by atoms with van der Waals surface area (Å²) < 4.78 is 26.2. The monoisotopic (exact) mass is 465 g/mol. The Kier molecular flexibility index (Phi) is 5.59. The van der Waals surface area contributed by atoms with Crippen LogP contribution < -0.4 is 14.8 Å². The van der Waals surface area contributed by atoms with Crippen LogP contribution in [0.1, 0.15) is 46.0 Å². The molecule has 2 fully saturated rings. The highest BCUT2D eigenvalue weighted by Crippen LogP contribution is 2.41. The van der Waals surface area contributed by atoms with Gasteiger partial charge < -0.3 is 19.9 Å². The van der Waals surface area contributed by atoms with Crippen LogP contribution in [0.5, 0.6) is 17.5 Å². The predicted octanol–water partition coefficient (Wildman–Crippen LogP) is 4.29. The van der Waals surface area contributed by atoms with Crippen molar-refractivity contribution in [2.24, 2.45) is 0 Å². The average molecular weight is 466 g/mol. The number of phenols is 1. The molecule has 34 heavy (non-hydrogen) atoms. The smallest absolute Gasteiger partial charge is 0.233 e. The predicted molar refractivity (Wildman–Crippen MR) is 124 cm³/mol. The molecule has 0 radical (unpaired) electrons. The van der Waals surface area contributed by atoms with Crippen molar-refractivity contribution in [3.05, 3.63) is 42.3 Å². The molecule has 8 nitrogen and oxygen atoms in total. The number of benzene rings is 1. The van der Waals surface area contributed by atoms with Gasteiger partial charge in [-0.05, 0) is 51.3 Å². The van der Waals surface area contributed by atoms with Crippen molar-refractivity contribution in [3.63, 3.8) is 0 Å². The number of fused-ring (bicyclic) bond motifs is 2. The third-order valence-electron chi connectivity index (χ3n) is 6.86. The molecule has 9 heteroatoms. The first kappa shape index (κ1) is 22.5. The summed E-state index contributed by atoms with van der Waals surface area (Å²) in [6, 6.07) is 7.51. The molecule has 2 aromatic heterocycles. The molecular weight excluding hydrogens is 437 g/mol. The maximum atomic E-state index is 14.9. The first-order chi connectivity index (χ1) is 16.3. The number of rotatable bonds is 5. The minimum Gasteiger partial charge on any atom is -0.507 e. The SMILES string of the molecule is COc1cc(-c2cc(O)c(-c3ccc(OC4C[C@]5(C)CCC[C@](C)(C4)N5)nn3)cc2F)cnn1. The van der Waals surface area contributed by atoms with Crippen LogP contribution in [0.4, 0.5) is 4.39 Å². The molecule has 0 aliphatic carbocycles. The van der Waals surface area contributed by atoms with Crippen molar-refractivity contribution in [3.8, 4) is 39.9 Å². The number of halogens is 1. The number of piperidine rings is 2. The summed E-state index contributed by atoms with van der Waals surface area (Å²) in [4.78, 5) is 0. The van der Waals surface area contributed by atoms with Gasteiger partial charge in [0.2, 0.25) is 11.8 Å². The Balaban J connectivity index is 1.35. The maximum Gasteiger partial charge on any atom is 0.233 e. The van der Waals surface area contributed by atoms with E-state index in [-0.39, 0.29) is 39.9 Å². The molecule has 0 spiro atoms. The molecule has 2 aliphatic heterocycles. The van der Waals surface area contributed by atoms with Gasteiger partial charge in [0.25, 0.3) is 0 Å². The molecule has 0 amide bonds. The normalized spacial score (nSPS) is 26.2. The fourth-order valence-electron chi connectivity index (χ4n) is 5.47. The second-order valence-corrected chi connectivity index (χ2v) is 9.84. The van der Waals surface area contributed by atoms with E-state index in [1.54, 1.807) is 18.2 Å². The molecule has 4 heterocycles. The Bertz CT molecular complexity index is 1190. The Morgan fingerprint density at radius 3 is 2.44 bits per heavy atom. The number of aromatic hydroxyl groups is 1. The van der Waals surface area contributed by atoms with E-state index in [2.05, 4.69) is 39.6 Å². The van der Waals surface area contributed by atoms with Gasteiger partial charge in [0.05, 0.1) is 19.0 Å². The molecule has 3 atom stereocenters. The van der Waals surface area contributed by atoms with Gasteiger partial charge in [-0.2, -0.15) is 5.10 Å². The Hall–Kier alpha value is -3.33. The molecule has 2 bridgehead atoms. The fourth-order valence-corrected chi connectivity index (χ4v) is 5.47. The van der Waals surface area contributed by atoms with Gasteiger partial charge in [0.15, 0.2) is 0 Å². The molecule has 5 rings (SSSR count). The van der Waals surface area contributed by atoms with Gasteiger partial charge in [-0.25, -0.2) is 4.39 Å². The van der Waals surface area contributed by atoms with Crippen LogP contribution in [0, 0.1) is 5.82 Å². The topological polar surface area (TPSA) is 102 Å². The van der Waals surface area contributed by atoms with E-state index in [0.717, 1.165) is 25.7 Å². The van der Waals surface area contributed by atoms with E-state index in [1.165, 1.54) is 31.9 Å². The van der Waals surface area contributed by atoms with Crippen molar-refractivity contribution in [2.75, 3.05) is 7.11 Å². The average Bonchev–Trinajstić information content (AvgIpc) is 2.79. The summed E-state index contributed by atoms with van der Waals surface area (Å²) in [6.07, 6.45) is 6.77. The first-order valence-electron chi connectivity index (χ1n) is 11.5. The standard InChI is InChI=1S/C25H28FN5O3/c1-24-7-4-8-25(2,31-24)13-16(12-24)34-22-6-5-20(28-30-22)18-10-19(26)17(11-21(18)32)15-9-23(33-3)29-27-14-15/h5-6,9-11,14,16,31-32H,4,7-8,12-13H2,1-3H3/t16?,24-,25+. The van der Waals surface area contributed by atoms with Crippen LogP contribution in [0.3, 0.4) is 0 Å². The van der Waals surface area contributed by atoms with E-state index in [1.807, 2.05) is 0 Å². The van der Waals surface area contributed by atoms with Gasteiger partial charge in [0.1, 0.15) is 17.7 Å². The van der Waals surface area contributed by atoms with Crippen molar-refractivity contribution < 1.29 is 19.0 Å². The number of hydrogen-bond acceptors (Lipinski definition) is 8. The van der Waals surface area contributed by atoms with E-state index >= 15 is 0 Å². The summed E-state index contributed by atoms with van der Waals surface area (Å²) in [5.41, 5.74) is 1.36. The number of nitrogens with one attached hydrogen (secondary N) is 1. The second-order valence-electron chi connectivity index (χ2n) is 9.84. The highest BCUT2D eigenvalue weighted by Gasteiger charge is 2.46. The van der Waals surface area contributed by atoms with Gasteiger partial charge in [-0.15, -0.1) is 15.3 Å². The number of methoxy groups -OCH3 is 1. The molecule has 2 aliphatic rings. The van der Waals surface area contributed by atoms with E-state index < -0.39 is 5.82 Å². The van der Waals surface area contributed by atoms with Crippen LogP contribution in [-0.4, -0.2) is 49.8 Å². The van der Waals surface area contributed by atoms with Crippen LogP contribution in [-0.2, 0) is 0 Å². The number of aromatic nitrogens is 4. The van der Waals surface area contributed by atoms with E-state index in [0.29, 0.717) is 17.1 Å². The Morgan fingerprint density at radius 2 is 1.76 bits per heavy atom. The lowest BCUT2D eigenvalue weighted by molar-refractivity contribution is 0.00726. The summed E-state index contributed by atoms with van der Waals surface area (Å²) in [5, 5.41) is 30.4. The summed E-state index contributed by atoms with van der Waals surface area (Å²) in [6.45, 7) is 4.52. The largest absolute Gasteiger partial charge is 0.507 e. The van der Waals surface area contributed by atoms with Gasteiger partial charge >= 0.3 is 0 Å². The molecule has 1 aromatic carbocycles. The van der Waals surface area contributed by atoms with Crippen molar-refractivity contribution in [1.82, 2.24) is 25.7 Å². The summed E-state index contributed by atoms with van der Waals surface area (Å²) in [7, 11) is 1.45. The Morgan fingerprint density at radius 1 is 1.00 bits per heavy atom. The lowest BCUT2D eigenvalue weighted by Gasteiger charge is -2.53.